The number of fused-ring (bicyclic) bond motifs is 15. The average molecular weight is 887 g/mol. The summed E-state index contributed by atoms with van der Waals surface area (Å²) in [5, 5.41) is 10.1. The highest BCUT2D eigenvalue weighted by molar-refractivity contribution is 7.99. The van der Waals surface area contributed by atoms with Crippen LogP contribution >= 0.6 is 23.1 Å². The van der Waals surface area contributed by atoms with E-state index in [1.807, 2.05) is 23.1 Å². The first-order chi connectivity index (χ1) is 33.2. The lowest BCUT2D eigenvalue weighted by molar-refractivity contribution is 0.707. The van der Waals surface area contributed by atoms with Crippen LogP contribution in [0.2, 0.25) is 0 Å². The predicted octanol–water partition coefficient (Wildman–Crippen LogP) is 17.8. The fraction of sp³-hybridized carbons (Fsp3) is 0.0159. The van der Waals surface area contributed by atoms with Gasteiger partial charge < -0.3 is 9.47 Å². The number of anilines is 3. The van der Waals surface area contributed by atoms with Gasteiger partial charge in [-0.3, -0.25) is 0 Å². The van der Waals surface area contributed by atoms with Crippen molar-refractivity contribution in [1.82, 2.24) is 4.57 Å². The number of hydrogen-bond donors (Lipinski definition) is 0. The summed E-state index contributed by atoms with van der Waals surface area (Å²) < 4.78 is 5.06. The molecule has 1 atom stereocenters. The van der Waals surface area contributed by atoms with Gasteiger partial charge in [0.2, 0.25) is 0 Å². The minimum atomic E-state index is -0.563. The van der Waals surface area contributed by atoms with Gasteiger partial charge in [-0.15, -0.1) is 11.3 Å². The first-order valence-corrected chi connectivity index (χ1v) is 24.6. The molecule has 13 aromatic rings. The number of thiophene rings is 1. The molecule has 2 aromatic heterocycles. The van der Waals surface area contributed by atoms with Gasteiger partial charge in [0.15, 0.2) is 0 Å². The van der Waals surface area contributed by atoms with Crippen LogP contribution in [-0.2, 0) is 5.41 Å². The molecule has 1 aliphatic heterocycles. The average Bonchev–Trinajstić information content (AvgIpc) is 3.93. The Balaban J connectivity index is 1.02. The van der Waals surface area contributed by atoms with Crippen molar-refractivity contribution in [1.29, 1.82) is 0 Å². The molecule has 4 heteroatoms. The van der Waals surface area contributed by atoms with Crippen molar-refractivity contribution in [2.45, 2.75) is 15.2 Å². The fourth-order valence-corrected chi connectivity index (χ4v) is 14.1. The number of rotatable bonds is 4. The fourth-order valence-electron chi connectivity index (χ4n) is 11.9. The number of para-hydroxylation sites is 1. The van der Waals surface area contributed by atoms with Gasteiger partial charge in [-0.25, -0.2) is 0 Å². The van der Waals surface area contributed by atoms with Crippen LogP contribution in [0.1, 0.15) is 22.3 Å². The quantitative estimate of drug-likeness (QED) is 0.174. The zero-order chi connectivity index (χ0) is 43.8. The van der Waals surface area contributed by atoms with Crippen LogP contribution in [0.3, 0.4) is 0 Å². The molecule has 11 aromatic carbocycles. The first kappa shape index (κ1) is 37.3. The molecule has 1 unspecified atom stereocenters. The van der Waals surface area contributed by atoms with Crippen molar-refractivity contribution in [2.75, 3.05) is 4.90 Å². The van der Waals surface area contributed by atoms with Crippen molar-refractivity contribution in [3.63, 3.8) is 0 Å². The molecule has 67 heavy (non-hydrogen) atoms. The maximum Gasteiger partial charge on any atom is 0.0736 e. The summed E-state index contributed by atoms with van der Waals surface area (Å²) >= 11 is 3.76. The summed E-state index contributed by atoms with van der Waals surface area (Å²) in [7, 11) is 0. The third-order valence-electron chi connectivity index (χ3n) is 14.6. The minimum Gasteiger partial charge on any atom is -0.310 e. The second-order valence-corrected chi connectivity index (χ2v) is 20.1. The lowest BCUT2D eigenvalue weighted by atomic mass is 9.59. The second-order valence-electron chi connectivity index (χ2n) is 17.9. The van der Waals surface area contributed by atoms with Crippen LogP contribution in [0.5, 0.6) is 0 Å². The zero-order valence-electron chi connectivity index (χ0n) is 36.2. The van der Waals surface area contributed by atoms with Crippen molar-refractivity contribution in [2.24, 2.45) is 0 Å². The molecule has 0 fully saturated rings. The molecule has 2 nitrogen and oxygen atoms in total. The summed E-state index contributed by atoms with van der Waals surface area (Å²) in [6.45, 7) is 0. The summed E-state index contributed by atoms with van der Waals surface area (Å²) in [6, 6.07) is 86.6. The lowest BCUT2D eigenvalue weighted by Crippen LogP contribution is -2.36. The van der Waals surface area contributed by atoms with E-state index < -0.39 is 5.41 Å². The van der Waals surface area contributed by atoms with Gasteiger partial charge in [0.25, 0.3) is 0 Å². The minimum absolute atomic E-state index is 0.563. The summed E-state index contributed by atoms with van der Waals surface area (Å²) in [5.41, 5.74) is 14.3. The van der Waals surface area contributed by atoms with Gasteiger partial charge >= 0.3 is 0 Å². The predicted molar refractivity (Wildman–Crippen MR) is 285 cm³/mol. The van der Waals surface area contributed by atoms with E-state index in [-0.39, 0.29) is 0 Å². The molecule has 1 aliphatic carbocycles. The molecule has 2 aliphatic rings. The van der Waals surface area contributed by atoms with Crippen molar-refractivity contribution < 1.29 is 0 Å². The van der Waals surface area contributed by atoms with Crippen LogP contribution in [0.4, 0.5) is 17.1 Å². The highest BCUT2D eigenvalue weighted by Crippen LogP contribution is 2.62. The largest absolute Gasteiger partial charge is 0.310 e. The Morgan fingerprint density at radius 2 is 0.955 bits per heavy atom. The number of aromatic nitrogens is 1. The molecule has 312 valence electrons. The molecule has 1 spiro atoms. The van der Waals surface area contributed by atoms with E-state index in [9.17, 15) is 0 Å². The number of nitrogens with zero attached hydrogens (tertiary/aromatic N) is 2. The zero-order valence-corrected chi connectivity index (χ0v) is 37.8. The normalized spacial score (nSPS) is 14.9. The van der Waals surface area contributed by atoms with E-state index in [0.717, 1.165) is 17.1 Å². The molecule has 0 amide bonds. The third kappa shape index (κ3) is 5.17. The SMILES string of the molecule is c1ccc2c(c1)Sc1ccc(N(c3ccc4sc5ccccc5c4c3)c3ccc4c(c3)c3ccccc3n4-c3cccc4ccccc34)cc1C21c2ccccc2-c2cccc3cccc1c23. The topological polar surface area (TPSA) is 8.17 Å². The molecule has 3 heterocycles. The van der Waals surface area contributed by atoms with Gasteiger partial charge in [-0.05, 0) is 128 Å². The van der Waals surface area contributed by atoms with Gasteiger partial charge in [0.1, 0.15) is 0 Å². The van der Waals surface area contributed by atoms with Crippen LogP contribution in [0.15, 0.2) is 240 Å². The Labute approximate surface area is 395 Å². The number of benzene rings is 11. The maximum atomic E-state index is 2.53. The Bertz CT molecular complexity index is 4220. The van der Waals surface area contributed by atoms with Crippen LogP contribution in [0.25, 0.3) is 80.3 Å². The lowest BCUT2D eigenvalue weighted by Gasteiger charge is -2.46. The van der Waals surface area contributed by atoms with Gasteiger partial charge in [0.05, 0.1) is 22.1 Å². The molecule has 0 bridgehead atoms. The molecule has 0 N–H and O–H groups in total. The van der Waals surface area contributed by atoms with Gasteiger partial charge in [0, 0.05) is 63.2 Å². The molecule has 0 radical (unpaired) electrons. The Morgan fingerprint density at radius 3 is 1.88 bits per heavy atom. The van der Waals surface area contributed by atoms with E-state index >= 15 is 0 Å². The Kier molecular flexibility index (Phi) is 7.84. The Morgan fingerprint density at radius 1 is 0.358 bits per heavy atom. The Hall–Kier alpha value is -7.89. The van der Waals surface area contributed by atoms with Crippen LogP contribution in [0, 0.1) is 0 Å². The van der Waals surface area contributed by atoms with Gasteiger partial charge in [-0.1, -0.05) is 163 Å². The van der Waals surface area contributed by atoms with Crippen molar-refractivity contribution in [3.05, 3.63) is 253 Å². The smallest absolute Gasteiger partial charge is 0.0736 e. The van der Waals surface area contributed by atoms with E-state index in [1.54, 1.807) is 0 Å². The molecule has 0 saturated carbocycles. The molecular formula is C63H38N2S2. The highest BCUT2D eigenvalue weighted by Gasteiger charge is 2.48. The van der Waals surface area contributed by atoms with Crippen molar-refractivity contribution in [3.8, 4) is 16.8 Å². The van der Waals surface area contributed by atoms with Gasteiger partial charge in [-0.2, -0.15) is 0 Å². The van der Waals surface area contributed by atoms with Crippen molar-refractivity contribution >= 4 is 104 Å². The number of hydrogen-bond acceptors (Lipinski definition) is 3. The van der Waals surface area contributed by atoms with E-state index in [4.69, 9.17) is 0 Å². The maximum absolute atomic E-state index is 2.53. The first-order valence-electron chi connectivity index (χ1n) is 23.0. The summed E-state index contributed by atoms with van der Waals surface area (Å²) in [6.07, 6.45) is 0. The molecule has 15 rings (SSSR count). The molecular weight excluding hydrogens is 849 g/mol. The molecule has 0 saturated heterocycles. The highest BCUT2D eigenvalue weighted by atomic mass is 32.2. The van der Waals surface area contributed by atoms with E-state index in [2.05, 4.69) is 240 Å². The van der Waals surface area contributed by atoms with Crippen LogP contribution in [-0.4, -0.2) is 4.57 Å². The van der Waals surface area contributed by atoms with Crippen LogP contribution < -0.4 is 4.90 Å². The third-order valence-corrected chi connectivity index (χ3v) is 16.9. The van der Waals surface area contributed by atoms with E-state index in [1.165, 1.54) is 112 Å². The second kappa shape index (κ2) is 14.1. The summed E-state index contributed by atoms with van der Waals surface area (Å²) in [5.74, 6) is 0. The standard InChI is InChI=1S/C63H38N2S2/c1-2-18-44-39(14-1)15-13-27-55(44)65-56-26-8-4-20-46(56)49-36-41(30-33-57(49)65)64(42-31-34-59-50(37-42)47-21-5-9-28-58(47)66-59)43-32-35-61-54(38-43)63(52-24-7-10-29-60(52)67-61)51-23-6-3-19-45(51)48-22-11-16-40-17-12-25-53(63)62(40)48/h1-38H. The monoisotopic (exact) mass is 886 g/mol. The van der Waals surface area contributed by atoms with E-state index in [0.29, 0.717) is 0 Å². The summed E-state index contributed by atoms with van der Waals surface area (Å²) in [4.78, 5) is 5.09.